The molecule has 1 aromatic heterocycles. The Balaban J connectivity index is 2.27. The summed E-state index contributed by atoms with van der Waals surface area (Å²) in [6, 6.07) is 7.97. The van der Waals surface area contributed by atoms with Crippen LogP contribution in [0, 0.1) is 6.92 Å². The molecule has 102 valence electrons. The van der Waals surface area contributed by atoms with Crippen LogP contribution >= 0.6 is 0 Å². The Morgan fingerprint density at radius 3 is 2.74 bits per heavy atom. The lowest BCUT2D eigenvalue weighted by Crippen LogP contribution is -2.16. The summed E-state index contributed by atoms with van der Waals surface area (Å²) < 4.78 is 1.80. The maximum absolute atomic E-state index is 9.66. The molecule has 1 aromatic carbocycles. The van der Waals surface area contributed by atoms with E-state index in [9.17, 15) is 5.11 Å². The van der Waals surface area contributed by atoms with Gasteiger partial charge in [0, 0.05) is 24.5 Å². The lowest BCUT2D eigenvalue weighted by atomic mass is 10.1. The molecule has 2 N–H and O–H groups in total. The Labute approximate surface area is 114 Å². The Hall–Kier alpha value is -1.81. The number of nitrogens with zero attached hydrogens (tertiary/aromatic N) is 2. The number of nitrogens with one attached hydrogen (secondary N) is 1. The van der Waals surface area contributed by atoms with E-state index in [-0.39, 0.29) is 12.6 Å². The number of benzene rings is 1. The molecule has 0 aliphatic heterocycles. The van der Waals surface area contributed by atoms with Crippen molar-refractivity contribution in [2.45, 2.75) is 26.3 Å². The molecule has 4 nitrogen and oxygen atoms in total. The molecule has 1 unspecified atom stereocenters. The normalized spacial score (nSPS) is 12.4. The van der Waals surface area contributed by atoms with Crippen LogP contribution in [0.2, 0.25) is 0 Å². The summed E-state index contributed by atoms with van der Waals surface area (Å²) in [4.78, 5) is 0. The molecular weight excluding hydrogens is 238 g/mol. The lowest BCUT2D eigenvalue weighted by Gasteiger charge is -2.19. The summed E-state index contributed by atoms with van der Waals surface area (Å²) in [7, 11) is 1.91. The Bertz CT molecular complexity index is 548. The van der Waals surface area contributed by atoms with Gasteiger partial charge in [0.05, 0.1) is 18.3 Å². The van der Waals surface area contributed by atoms with Gasteiger partial charge in [0.15, 0.2) is 0 Å². The van der Waals surface area contributed by atoms with Gasteiger partial charge in [-0.1, -0.05) is 25.1 Å². The zero-order valence-electron chi connectivity index (χ0n) is 11.7. The van der Waals surface area contributed by atoms with Crippen LogP contribution < -0.4 is 5.32 Å². The van der Waals surface area contributed by atoms with Crippen molar-refractivity contribution in [1.82, 2.24) is 9.78 Å². The first-order chi connectivity index (χ1) is 9.15. The minimum Gasteiger partial charge on any atom is -0.394 e. The number of aliphatic hydroxyl groups is 1. The van der Waals surface area contributed by atoms with E-state index in [0.717, 1.165) is 23.4 Å². The van der Waals surface area contributed by atoms with Crippen LogP contribution in [0.1, 0.15) is 29.8 Å². The molecule has 0 bridgehead atoms. The average Bonchev–Trinajstić information content (AvgIpc) is 2.79. The minimum atomic E-state index is -0.121. The van der Waals surface area contributed by atoms with Crippen molar-refractivity contribution in [2.24, 2.45) is 7.05 Å². The number of rotatable bonds is 5. The smallest absolute Gasteiger partial charge is 0.0778 e. The van der Waals surface area contributed by atoms with Crippen LogP contribution in [0.4, 0.5) is 5.69 Å². The van der Waals surface area contributed by atoms with Crippen molar-refractivity contribution < 1.29 is 5.11 Å². The second-order valence-corrected chi connectivity index (χ2v) is 4.75. The maximum atomic E-state index is 9.66. The van der Waals surface area contributed by atoms with Crippen LogP contribution in [0.5, 0.6) is 0 Å². The predicted octanol–water partition coefficient (Wildman–Crippen LogP) is 2.44. The van der Waals surface area contributed by atoms with Crippen LogP contribution in [0.25, 0.3) is 0 Å². The molecule has 4 heteroatoms. The van der Waals surface area contributed by atoms with E-state index in [1.807, 2.05) is 31.4 Å². The van der Waals surface area contributed by atoms with Crippen LogP contribution in [0.3, 0.4) is 0 Å². The highest BCUT2D eigenvalue weighted by Crippen LogP contribution is 2.24. The molecule has 0 aliphatic carbocycles. The van der Waals surface area contributed by atoms with Crippen LogP contribution in [-0.4, -0.2) is 21.5 Å². The number of para-hydroxylation sites is 1. The number of aromatic nitrogens is 2. The number of hydrogen-bond donors (Lipinski definition) is 2. The first kappa shape index (κ1) is 13.6. The zero-order valence-corrected chi connectivity index (χ0v) is 11.7. The molecule has 0 fully saturated rings. The van der Waals surface area contributed by atoms with E-state index in [4.69, 9.17) is 0 Å². The third kappa shape index (κ3) is 2.96. The summed E-state index contributed by atoms with van der Waals surface area (Å²) >= 11 is 0. The first-order valence-corrected chi connectivity index (χ1v) is 6.61. The lowest BCUT2D eigenvalue weighted by molar-refractivity contribution is 0.276. The van der Waals surface area contributed by atoms with E-state index >= 15 is 0 Å². The van der Waals surface area contributed by atoms with Gasteiger partial charge in [0.25, 0.3) is 0 Å². The van der Waals surface area contributed by atoms with E-state index in [2.05, 4.69) is 30.3 Å². The van der Waals surface area contributed by atoms with Gasteiger partial charge in [0.2, 0.25) is 0 Å². The van der Waals surface area contributed by atoms with Gasteiger partial charge in [-0.2, -0.15) is 5.10 Å². The summed E-state index contributed by atoms with van der Waals surface area (Å²) in [6.45, 7) is 4.18. The van der Waals surface area contributed by atoms with Gasteiger partial charge in [-0.3, -0.25) is 4.68 Å². The van der Waals surface area contributed by atoms with Gasteiger partial charge in [-0.05, 0) is 25.0 Å². The van der Waals surface area contributed by atoms with E-state index in [1.165, 1.54) is 5.56 Å². The van der Waals surface area contributed by atoms with Crippen molar-refractivity contribution in [3.8, 4) is 0 Å². The second-order valence-electron chi connectivity index (χ2n) is 4.75. The van der Waals surface area contributed by atoms with Crippen molar-refractivity contribution in [3.05, 3.63) is 47.3 Å². The van der Waals surface area contributed by atoms with E-state index < -0.39 is 0 Å². The number of aliphatic hydroxyl groups excluding tert-OH is 1. The fourth-order valence-corrected chi connectivity index (χ4v) is 2.26. The van der Waals surface area contributed by atoms with Gasteiger partial charge >= 0.3 is 0 Å². The largest absolute Gasteiger partial charge is 0.394 e. The van der Waals surface area contributed by atoms with E-state index in [1.54, 1.807) is 4.68 Å². The van der Waals surface area contributed by atoms with Gasteiger partial charge in [0.1, 0.15) is 0 Å². The van der Waals surface area contributed by atoms with Gasteiger partial charge < -0.3 is 10.4 Å². The summed E-state index contributed by atoms with van der Waals surface area (Å²) in [5, 5.41) is 17.5. The molecule has 2 aromatic rings. The highest BCUT2D eigenvalue weighted by atomic mass is 16.3. The molecule has 0 amide bonds. The summed E-state index contributed by atoms with van der Waals surface area (Å²) in [5.74, 6) is 0. The molecule has 0 saturated carbocycles. The molecule has 0 saturated heterocycles. The topological polar surface area (TPSA) is 50.1 Å². The minimum absolute atomic E-state index is 0.0486. The molecule has 2 rings (SSSR count). The molecule has 0 spiro atoms. The number of hydrogen-bond acceptors (Lipinski definition) is 3. The second kappa shape index (κ2) is 5.89. The fourth-order valence-electron chi connectivity index (χ4n) is 2.26. The fraction of sp³-hybridized carbons (Fsp3) is 0.400. The molecular formula is C15H21N3O. The standard InChI is InChI=1S/C15H21N3O/c1-4-13-12(9-18(3)17-13)15(10-19)16-14-8-6-5-7-11(14)2/h5-9,15-16,19H,4,10H2,1-3H3. The van der Waals surface area contributed by atoms with Gasteiger partial charge in [-0.25, -0.2) is 0 Å². The van der Waals surface area contributed by atoms with Crippen molar-refractivity contribution in [2.75, 3.05) is 11.9 Å². The Morgan fingerprint density at radius 1 is 1.37 bits per heavy atom. The van der Waals surface area contributed by atoms with Crippen LogP contribution in [-0.2, 0) is 13.5 Å². The highest BCUT2D eigenvalue weighted by molar-refractivity contribution is 5.52. The molecule has 0 radical (unpaired) electrons. The maximum Gasteiger partial charge on any atom is 0.0778 e. The summed E-state index contributed by atoms with van der Waals surface area (Å²) in [6.07, 6.45) is 2.84. The highest BCUT2D eigenvalue weighted by Gasteiger charge is 2.17. The SMILES string of the molecule is CCc1nn(C)cc1C(CO)Nc1ccccc1C. The van der Waals surface area contributed by atoms with Crippen molar-refractivity contribution in [3.63, 3.8) is 0 Å². The average molecular weight is 259 g/mol. The molecule has 1 atom stereocenters. The Kier molecular flexibility index (Phi) is 4.22. The summed E-state index contributed by atoms with van der Waals surface area (Å²) in [5.41, 5.74) is 4.31. The first-order valence-electron chi connectivity index (χ1n) is 6.61. The van der Waals surface area contributed by atoms with Crippen molar-refractivity contribution >= 4 is 5.69 Å². The van der Waals surface area contributed by atoms with Crippen molar-refractivity contribution in [1.29, 1.82) is 0 Å². The Morgan fingerprint density at radius 2 is 2.11 bits per heavy atom. The zero-order chi connectivity index (χ0) is 13.8. The van der Waals surface area contributed by atoms with Gasteiger partial charge in [-0.15, -0.1) is 0 Å². The van der Waals surface area contributed by atoms with E-state index in [0.29, 0.717) is 0 Å². The molecule has 19 heavy (non-hydrogen) atoms. The monoisotopic (exact) mass is 259 g/mol. The number of anilines is 1. The quantitative estimate of drug-likeness (QED) is 0.867. The number of aryl methyl sites for hydroxylation is 3. The third-order valence-electron chi connectivity index (χ3n) is 3.31. The van der Waals surface area contributed by atoms with Crippen LogP contribution in [0.15, 0.2) is 30.5 Å². The predicted molar refractivity (Wildman–Crippen MR) is 77.2 cm³/mol. The molecule has 0 aliphatic rings. The third-order valence-corrected chi connectivity index (χ3v) is 3.31. The molecule has 1 heterocycles.